The third-order valence-electron chi connectivity index (χ3n) is 11.7. The van der Waals surface area contributed by atoms with E-state index in [2.05, 4.69) is 6.92 Å². The van der Waals surface area contributed by atoms with Gasteiger partial charge < -0.3 is 33.5 Å². The van der Waals surface area contributed by atoms with Crippen LogP contribution in [0.15, 0.2) is 54.1 Å². The molecule has 1 aliphatic heterocycles. The second-order valence-corrected chi connectivity index (χ2v) is 14.5. The van der Waals surface area contributed by atoms with Gasteiger partial charge in [-0.15, -0.1) is 0 Å². The van der Waals surface area contributed by atoms with Gasteiger partial charge in [-0.25, -0.2) is 0 Å². The SMILES string of the molecule is C[C@]12CCC(O)C=C1CCC1C2C(=O)C[C@]2(C)C(=O)C(c3ccc4c(c3)OCCOCCOc3ccccc3OCCOCCO4)CC12. The van der Waals surface area contributed by atoms with Crippen molar-refractivity contribution < 1.29 is 43.1 Å². The summed E-state index contributed by atoms with van der Waals surface area (Å²) in [5.74, 6) is 2.75. The Kier molecular flexibility index (Phi) is 9.55. The summed E-state index contributed by atoms with van der Waals surface area (Å²) in [6.45, 7) is 7.15. The van der Waals surface area contributed by atoms with E-state index in [0.717, 1.165) is 31.2 Å². The zero-order valence-corrected chi connectivity index (χ0v) is 28.1. The fraction of sp³-hybridized carbons (Fsp3) is 0.590. The van der Waals surface area contributed by atoms with E-state index in [4.69, 9.17) is 28.4 Å². The molecule has 2 aromatic carbocycles. The Morgan fingerprint density at radius 3 is 1.98 bits per heavy atom. The highest BCUT2D eigenvalue weighted by molar-refractivity contribution is 5.99. The van der Waals surface area contributed by atoms with E-state index < -0.39 is 11.5 Å². The standard InChI is InChI=1S/C39H48O9/c1-38-12-11-27(40)22-26(38)8-9-28-30-23-29(37(42)39(30,2)24-31(41)36(28)38)25-7-10-34-35(21-25)48-20-16-44-14-18-46-33-6-4-3-5-32(33)45-17-13-43-15-19-47-34/h3-7,10,21-22,27-30,36,40H,8-9,11-20,23-24H2,1-2H3/t27?,28?,29?,30?,36?,38-,39-/m0/s1. The molecule has 9 heteroatoms. The molecule has 7 rings (SSSR count). The summed E-state index contributed by atoms with van der Waals surface area (Å²) in [6, 6.07) is 13.3. The second kappa shape index (κ2) is 13.8. The number of Topliss-reactive ketones (excluding diaryl/α,β-unsaturated/α-hetero) is 2. The van der Waals surface area contributed by atoms with Gasteiger partial charge in [-0.2, -0.15) is 0 Å². The van der Waals surface area contributed by atoms with Gasteiger partial charge in [0.15, 0.2) is 23.0 Å². The van der Waals surface area contributed by atoms with Gasteiger partial charge in [0.25, 0.3) is 0 Å². The largest absolute Gasteiger partial charge is 0.487 e. The van der Waals surface area contributed by atoms with E-state index in [-0.39, 0.29) is 40.7 Å². The van der Waals surface area contributed by atoms with Crippen molar-refractivity contribution in [2.75, 3.05) is 52.9 Å². The number of allylic oxidation sites excluding steroid dienone is 1. The van der Waals surface area contributed by atoms with Gasteiger partial charge >= 0.3 is 0 Å². The molecular formula is C39H48O9. The first-order valence-electron chi connectivity index (χ1n) is 17.6. The van der Waals surface area contributed by atoms with Gasteiger partial charge in [0.2, 0.25) is 0 Å². The van der Waals surface area contributed by atoms with Crippen molar-refractivity contribution in [2.24, 2.45) is 28.6 Å². The average molecular weight is 661 g/mol. The molecule has 0 spiro atoms. The molecule has 0 amide bonds. The molecule has 48 heavy (non-hydrogen) atoms. The predicted octanol–water partition coefficient (Wildman–Crippen LogP) is 5.71. The van der Waals surface area contributed by atoms with Crippen molar-refractivity contribution in [2.45, 2.75) is 64.4 Å². The van der Waals surface area contributed by atoms with Crippen molar-refractivity contribution in [3.05, 3.63) is 59.7 Å². The molecule has 1 N–H and O–H groups in total. The molecule has 5 unspecified atom stereocenters. The van der Waals surface area contributed by atoms with Gasteiger partial charge in [0, 0.05) is 23.7 Å². The predicted molar refractivity (Wildman–Crippen MR) is 178 cm³/mol. The second-order valence-electron chi connectivity index (χ2n) is 14.5. The summed E-state index contributed by atoms with van der Waals surface area (Å²) >= 11 is 0. The van der Waals surface area contributed by atoms with Crippen LogP contribution in [0.1, 0.15) is 63.9 Å². The van der Waals surface area contributed by atoms with Crippen LogP contribution in [0.5, 0.6) is 23.0 Å². The van der Waals surface area contributed by atoms with Gasteiger partial charge in [0.05, 0.1) is 32.5 Å². The zero-order valence-electron chi connectivity index (χ0n) is 28.1. The van der Waals surface area contributed by atoms with Crippen molar-refractivity contribution in [1.82, 2.24) is 0 Å². The summed E-state index contributed by atoms with van der Waals surface area (Å²) in [5, 5.41) is 10.3. The summed E-state index contributed by atoms with van der Waals surface area (Å²) in [4.78, 5) is 28.2. The van der Waals surface area contributed by atoms with Gasteiger partial charge in [0.1, 0.15) is 38.0 Å². The highest BCUT2D eigenvalue weighted by atomic mass is 16.6. The number of carbonyl (C=O) groups is 2. The van der Waals surface area contributed by atoms with Crippen molar-refractivity contribution in [1.29, 1.82) is 0 Å². The molecule has 0 saturated heterocycles. The first kappa shape index (κ1) is 33.1. The van der Waals surface area contributed by atoms with E-state index in [1.807, 2.05) is 55.5 Å². The molecular weight excluding hydrogens is 612 g/mol. The van der Waals surface area contributed by atoms with E-state index >= 15 is 0 Å². The van der Waals surface area contributed by atoms with Crippen LogP contribution in [0, 0.1) is 28.6 Å². The Bertz CT molecular complexity index is 1540. The van der Waals surface area contributed by atoms with Crippen LogP contribution < -0.4 is 18.9 Å². The lowest BCUT2D eigenvalue weighted by Crippen LogP contribution is -2.55. The van der Waals surface area contributed by atoms with Gasteiger partial charge in [-0.3, -0.25) is 9.59 Å². The Morgan fingerprint density at radius 2 is 1.33 bits per heavy atom. The van der Waals surface area contributed by atoms with Crippen LogP contribution >= 0.6 is 0 Å². The molecule has 5 aliphatic rings. The number of rotatable bonds is 1. The third-order valence-corrected chi connectivity index (χ3v) is 11.7. The Hall–Kier alpha value is -3.40. The lowest BCUT2D eigenvalue weighted by Gasteiger charge is -2.56. The van der Waals surface area contributed by atoms with Crippen LogP contribution in [0.2, 0.25) is 0 Å². The smallest absolute Gasteiger partial charge is 0.161 e. The number of ether oxygens (including phenoxy) is 6. The number of para-hydroxylation sites is 2. The maximum Gasteiger partial charge on any atom is 0.161 e. The number of aliphatic hydroxyl groups excluding tert-OH is 1. The molecule has 7 atom stereocenters. The minimum Gasteiger partial charge on any atom is -0.487 e. The molecule has 0 bridgehead atoms. The molecule has 258 valence electrons. The average Bonchev–Trinajstić information content (AvgIpc) is 3.34. The first-order valence-corrected chi connectivity index (χ1v) is 17.6. The number of hydrogen-bond acceptors (Lipinski definition) is 9. The van der Waals surface area contributed by atoms with Crippen LogP contribution in [0.25, 0.3) is 0 Å². The fourth-order valence-electron chi connectivity index (χ4n) is 9.36. The summed E-state index contributed by atoms with van der Waals surface area (Å²) < 4.78 is 35.6. The first-order chi connectivity index (χ1) is 23.3. The number of carbonyl (C=O) groups excluding carboxylic acids is 2. The number of ketones is 2. The lowest BCUT2D eigenvalue weighted by atomic mass is 9.47. The maximum atomic E-state index is 14.3. The minimum atomic E-state index is -0.676. The highest BCUT2D eigenvalue weighted by Crippen LogP contribution is 2.65. The van der Waals surface area contributed by atoms with E-state index in [0.29, 0.717) is 88.7 Å². The van der Waals surface area contributed by atoms with Crippen molar-refractivity contribution in [3.8, 4) is 23.0 Å². The molecule has 0 radical (unpaired) electrons. The number of benzene rings is 2. The number of aliphatic hydroxyl groups is 1. The summed E-state index contributed by atoms with van der Waals surface area (Å²) in [5.41, 5.74) is 1.23. The van der Waals surface area contributed by atoms with Gasteiger partial charge in [-0.1, -0.05) is 43.7 Å². The quantitative estimate of drug-likeness (QED) is 0.385. The Balaban J connectivity index is 1.07. The Labute approximate surface area is 282 Å². The van der Waals surface area contributed by atoms with Crippen molar-refractivity contribution >= 4 is 11.6 Å². The minimum absolute atomic E-state index is 0.0905. The fourth-order valence-corrected chi connectivity index (χ4v) is 9.36. The zero-order chi connectivity index (χ0) is 33.3. The van der Waals surface area contributed by atoms with E-state index in [1.165, 1.54) is 5.57 Å². The topological polar surface area (TPSA) is 110 Å². The summed E-state index contributed by atoms with van der Waals surface area (Å²) in [7, 11) is 0. The summed E-state index contributed by atoms with van der Waals surface area (Å²) in [6.07, 6.45) is 5.88. The van der Waals surface area contributed by atoms with E-state index in [9.17, 15) is 14.7 Å². The highest BCUT2D eigenvalue weighted by Gasteiger charge is 2.64. The molecule has 9 nitrogen and oxygen atoms in total. The monoisotopic (exact) mass is 660 g/mol. The lowest BCUT2D eigenvalue weighted by molar-refractivity contribution is -0.150. The normalized spacial score (nSPS) is 34.5. The molecule has 3 fully saturated rings. The molecule has 1 heterocycles. The Morgan fingerprint density at radius 1 is 0.729 bits per heavy atom. The molecule has 0 aromatic heterocycles. The van der Waals surface area contributed by atoms with Crippen LogP contribution in [0.4, 0.5) is 0 Å². The molecule has 4 aliphatic carbocycles. The van der Waals surface area contributed by atoms with Crippen LogP contribution in [0.3, 0.4) is 0 Å². The van der Waals surface area contributed by atoms with E-state index in [1.54, 1.807) is 0 Å². The molecule has 3 saturated carbocycles. The third kappa shape index (κ3) is 6.25. The number of hydrogen-bond donors (Lipinski definition) is 1. The van der Waals surface area contributed by atoms with Crippen molar-refractivity contribution in [3.63, 3.8) is 0 Å². The maximum absolute atomic E-state index is 14.3. The number of fused-ring (bicyclic) bond motifs is 7. The van der Waals surface area contributed by atoms with Crippen LogP contribution in [-0.4, -0.2) is 75.6 Å². The van der Waals surface area contributed by atoms with Gasteiger partial charge in [-0.05, 0) is 79.2 Å². The van der Waals surface area contributed by atoms with Crippen LogP contribution in [-0.2, 0) is 19.1 Å². The molecule has 2 aromatic rings.